The number of carbonyl (C=O) groups excluding carboxylic acids is 1. The maximum Gasteiger partial charge on any atom is 0.261 e. The highest BCUT2D eigenvalue weighted by atomic mass is 32.2. The van der Waals surface area contributed by atoms with E-state index < -0.39 is 15.4 Å². The minimum absolute atomic E-state index is 0.0687. The number of fused-ring (bicyclic) bond motifs is 1. The standard InChI is InChI=1S/C24H30N2O3S/c1-3-17(2)25-23(27)24(14-15-24)20-9-11-21(12-10-20)26-30(28,29)22-13-8-18-6-4-5-7-19(18)16-22/h8-13,16-17,26H,3-7,14-15H2,1-2H3,(H,25,27)/t17-/m0/s1. The van der Waals surface area contributed by atoms with Gasteiger partial charge in [-0.25, -0.2) is 8.42 Å². The van der Waals surface area contributed by atoms with Crippen molar-refractivity contribution in [1.82, 2.24) is 5.32 Å². The van der Waals surface area contributed by atoms with Gasteiger partial charge in [0.25, 0.3) is 10.0 Å². The van der Waals surface area contributed by atoms with E-state index in [9.17, 15) is 13.2 Å². The summed E-state index contributed by atoms with van der Waals surface area (Å²) in [6.07, 6.45) is 6.79. The van der Waals surface area contributed by atoms with E-state index in [1.807, 2.05) is 38.1 Å². The smallest absolute Gasteiger partial charge is 0.261 e. The molecule has 0 unspecified atom stereocenters. The minimum atomic E-state index is -3.64. The Morgan fingerprint density at radius 1 is 1.03 bits per heavy atom. The van der Waals surface area contributed by atoms with Crippen molar-refractivity contribution in [2.75, 3.05) is 4.72 Å². The molecule has 160 valence electrons. The minimum Gasteiger partial charge on any atom is -0.353 e. The van der Waals surface area contributed by atoms with Gasteiger partial charge >= 0.3 is 0 Å². The molecular formula is C24H30N2O3S. The third kappa shape index (κ3) is 4.10. The number of carbonyl (C=O) groups is 1. The molecule has 2 N–H and O–H groups in total. The van der Waals surface area contributed by atoms with Crippen molar-refractivity contribution in [1.29, 1.82) is 0 Å². The Labute approximate surface area is 179 Å². The predicted octanol–water partition coefficient (Wildman–Crippen LogP) is 4.31. The van der Waals surface area contributed by atoms with Gasteiger partial charge in [-0.15, -0.1) is 0 Å². The Kier molecular flexibility index (Phi) is 5.62. The lowest BCUT2D eigenvalue weighted by Crippen LogP contribution is -2.39. The van der Waals surface area contributed by atoms with Gasteiger partial charge in [-0.3, -0.25) is 9.52 Å². The number of hydrogen-bond donors (Lipinski definition) is 2. The van der Waals surface area contributed by atoms with Crippen molar-refractivity contribution in [2.45, 2.75) is 75.1 Å². The van der Waals surface area contributed by atoms with Crippen LogP contribution in [0.25, 0.3) is 0 Å². The topological polar surface area (TPSA) is 75.3 Å². The van der Waals surface area contributed by atoms with Crippen molar-refractivity contribution in [3.8, 4) is 0 Å². The van der Waals surface area contributed by atoms with E-state index >= 15 is 0 Å². The van der Waals surface area contributed by atoms with Gasteiger partial charge in [-0.05, 0) is 92.8 Å². The highest BCUT2D eigenvalue weighted by molar-refractivity contribution is 7.92. The molecule has 2 aromatic carbocycles. The van der Waals surface area contributed by atoms with E-state index in [-0.39, 0.29) is 11.9 Å². The van der Waals surface area contributed by atoms with Crippen LogP contribution < -0.4 is 10.0 Å². The fourth-order valence-electron chi connectivity index (χ4n) is 4.18. The second-order valence-electron chi connectivity index (χ2n) is 8.69. The molecule has 0 spiro atoms. The molecule has 2 aliphatic rings. The first kappa shape index (κ1) is 20.9. The Balaban J connectivity index is 1.49. The molecule has 1 atom stereocenters. The van der Waals surface area contributed by atoms with Crippen LogP contribution in [0.2, 0.25) is 0 Å². The number of sulfonamides is 1. The van der Waals surface area contributed by atoms with Crippen molar-refractivity contribution >= 4 is 21.6 Å². The third-order valence-electron chi connectivity index (χ3n) is 6.49. The van der Waals surface area contributed by atoms with E-state index in [0.717, 1.165) is 49.7 Å². The predicted molar refractivity (Wildman–Crippen MR) is 119 cm³/mol. The average molecular weight is 427 g/mol. The molecule has 0 saturated heterocycles. The van der Waals surface area contributed by atoms with Gasteiger partial charge in [0.2, 0.25) is 5.91 Å². The summed E-state index contributed by atoms with van der Waals surface area (Å²) in [7, 11) is -3.64. The van der Waals surface area contributed by atoms with Gasteiger partial charge in [-0.2, -0.15) is 0 Å². The molecule has 0 bridgehead atoms. The second kappa shape index (κ2) is 8.06. The van der Waals surface area contributed by atoms with Crippen LogP contribution in [-0.2, 0) is 33.1 Å². The van der Waals surface area contributed by atoms with E-state index in [4.69, 9.17) is 0 Å². The Morgan fingerprint density at radius 3 is 2.33 bits per heavy atom. The Hall–Kier alpha value is -2.34. The van der Waals surface area contributed by atoms with Crippen molar-refractivity contribution in [3.05, 3.63) is 59.2 Å². The number of rotatable bonds is 7. The van der Waals surface area contributed by atoms with Gasteiger partial charge in [0, 0.05) is 11.7 Å². The van der Waals surface area contributed by atoms with Gasteiger partial charge in [0.1, 0.15) is 0 Å². The number of nitrogens with one attached hydrogen (secondary N) is 2. The second-order valence-corrected chi connectivity index (χ2v) is 10.4. The zero-order chi connectivity index (χ0) is 21.4. The summed E-state index contributed by atoms with van der Waals surface area (Å²) < 4.78 is 28.4. The lowest BCUT2D eigenvalue weighted by molar-refractivity contribution is -0.124. The molecule has 4 rings (SSSR count). The van der Waals surface area contributed by atoms with E-state index in [2.05, 4.69) is 10.0 Å². The van der Waals surface area contributed by atoms with E-state index in [0.29, 0.717) is 10.6 Å². The summed E-state index contributed by atoms with van der Waals surface area (Å²) in [5.41, 5.74) is 3.39. The van der Waals surface area contributed by atoms with Crippen LogP contribution in [0.15, 0.2) is 47.4 Å². The van der Waals surface area contributed by atoms with Crippen LogP contribution in [0.5, 0.6) is 0 Å². The number of anilines is 1. The molecular weight excluding hydrogens is 396 g/mol. The largest absolute Gasteiger partial charge is 0.353 e. The fourth-order valence-corrected chi connectivity index (χ4v) is 5.29. The molecule has 0 heterocycles. The molecule has 6 heteroatoms. The molecule has 2 aromatic rings. The third-order valence-corrected chi connectivity index (χ3v) is 7.87. The quantitative estimate of drug-likeness (QED) is 0.693. The van der Waals surface area contributed by atoms with Crippen molar-refractivity contribution in [3.63, 3.8) is 0 Å². The maximum absolute atomic E-state index is 12.9. The van der Waals surface area contributed by atoms with Crippen molar-refractivity contribution in [2.24, 2.45) is 0 Å². The van der Waals surface area contributed by atoms with Gasteiger partial charge < -0.3 is 5.32 Å². The van der Waals surface area contributed by atoms with Crippen LogP contribution in [0.3, 0.4) is 0 Å². The SMILES string of the molecule is CC[C@H](C)NC(=O)C1(c2ccc(NS(=O)(=O)c3ccc4c(c3)CCCC4)cc2)CC1. The zero-order valence-electron chi connectivity index (χ0n) is 17.7. The first-order valence-corrected chi connectivity index (χ1v) is 12.4. The normalized spacial score (nSPS) is 18.2. The first-order chi connectivity index (χ1) is 14.3. The van der Waals surface area contributed by atoms with Crippen LogP contribution in [0, 0.1) is 0 Å². The monoisotopic (exact) mass is 426 g/mol. The highest BCUT2D eigenvalue weighted by Crippen LogP contribution is 2.48. The molecule has 5 nitrogen and oxygen atoms in total. The molecule has 0 aromatic heterocycles. The molecule has 1 fully saturated rings. The summed E-state index contributed by atoms with van der Waals surface area (Å²) in [5, 5.41) is 3.08. The summed E-state index contributed by atoms with van der Waals surface area (Å²) in [4.78, 5) is 13.0. The summed E-state index contributed by atoms with van der Waals surface area (Å²) in [6, 6.07) is 12.8. The molecule has 30 heavy (non-hydrogen) atoms. The maximum atomic E-state index is 12.9. The number of aryl methyl sites for hydroxylation is 2. The number of amides is 1. The lowest BCUT2D eigenvalue weighted by Gasteiger charge is -2.20. The fraction of sp³-hybridized carbons (Fsp3) is 0.458. The first-order valence-electron chi connectivity index (χ1n) is 10.9. The summed E-state index contributed by atoms with van der Waals surface area (Å²) >= 11 is 0. The van der Waals surface area contributed by atoms with E-state index in [1.165, 1.54) is 12.0 Å². The average Bonchev–Trinajstić information content (AvgIpc) is 3.55. The molecule has 1 amide bonds. The summed E-state index contributed by atoms with van der Waals surface area (Å²) in [6.45, 7) is 4.06. The molecule has 0 aliphatic heterocycles. The number of hydrogen-bond acceptors (Lipinski definition) is 3. The number of benzene rings is 2. The van der Waals surface area contributed by atoms with E-state index in [1.54, 1.807) is 18.2 Å². The van der Waals surface area contributed by atoms with Crippen LogP contribution in [0.1, 0.15) is 62.6 Å². The molecule has 1 saturated carbocycles. The highest BCUT2D eigenvalue weighted by Gasteiger charge is 2.51. The lowest BCUT2D eigenvalue weighted by atomic mass is 9.92. The van der Waals surface area contributed by atoms with Gasteiger partial charge in [0.05, 0.1) is 10.3 Å². The van der Waals surface area contributed by atoms with Crippen LogP contribution in [-0.4, -0.2) is 20.4 Å². The Bertz CT molecular complexity index is 1040. The van der Waals surface area contributed by atoms with Gasteiger partial charge in [0.15, 0.2) is 0 Å². The van der Waals surface area contributed by atoms with Gasteiger partial charge in [-0.1, -0.05) is 25.1 Å². The Morgan fingerprint density at radius 2 is 1.70 bits per heavy atom. The molecule has 0 radical (unpaired) electrons. The molecule has 2 aliphatic carbocycles. The summed E-state index contributed by atoms with van der Waals surface area (Å²) in [5.74, 6) is 0.0687. The van der Waals surface area contributed by atoms with Crippen LogP contribution >= 0.6 is 0 Å². The van der Waals surface area contributed by atoms with Crippen LogP contribution in [0.4, 0.5) is 5.69 Å². The zero-order valence-corrected chi connectivity index (χ0v) is 18.5. The van der Waals surface area contributed by atoms with Crippen molar-refractivity contribution < 1.29 is 13.2 Å².